The molecule has 6 nitrogen and oxygen atoms in total. The second-order valence-corrected chi connectivity index (χ2v) is 7.04. The average Bonchev–Trinajstić information content (AvgIpc) is 2.84. The van der Waals surface area contributed by atoms with Gasteiger partial charge in [-0.25, -0.2) is 4.79 Å². The maximum Gasteiger partial charge on any atom is 0.410 e. The standard InChI is InChI=1S/C15H26N2O4/c1-14(2,3)21-13(20)16-10-7-15(11-16,12(18)19)17-8-5-4-6-9-17/h4-11H2,1-3H3,(H,18,19). The minimum Gasteiger partial charge on any atom is -0.480 e. The first-order chi connectivity index (χ1) is 9.74. The van der Waals surface area contributed by atoms with E-state index in [1.807, 2.05) is 25.7 Å². The lowest BCUT2D eigenvalue weighted by Crippen LogP contribution is -2.58. The molecule has 0 aromatic carbocycles. The molecule has 2 rings (SSSR count). The highest BCUT2D eigenvalue weighted by Crippen LogP contribution is 2.32. The number of ether oxygens (including phenoxy) is 1. The molecule has 0 spiro atoms. The first-order valence-corrected chi connectivity index (χ1v) is 7.71. The Labute approximate surface area is 126 Å². The summed E-state index contributed by atoms with van der Waals surface area (Å²) in [5.41, 5.74) is -1.49. The monoisotopic (exact) mass is 298 g/mol. The Morgan fingerprint density at radius 1 is 1.10 bits per heavy atom. The van der Waals surface area contributed by atoms with Gasteiger partial charge in [-0.05, 0) is 53.1 Å². The van der Waals surface area contributed by atoms with Crippen molar-refractivity contribution in [1.82, 2.24) is 9.80 Å². The van der Waals surface area contributed by atoms with E-state index in [-0.39, 0.29) is 6.54 Å². The van der Waals surface area contributed by atoms with Gasteiger partial charge in [-0.15, -0.1) is 0 Å². The number of carbonyl (C=O) groups is 2. The van der Waals surface area contributed by atoms with Gasteiger partial charge >= 0.3 is 12.1 Å². The molecule has 0 aromatic heterocycles. The SMILES string of the molecule is CC(C)(C)OC(=O)N1CCC(C(=O)O)(N2CCCCC2)C1. The van der Waals surface area contributed by atoms with Crippen LogP contribution in [-0.4, -0.2) is 64.3 Å². The minimum atomic E-state index is -0.933. The molecule has 6 heteroatoms. The molecule has 120 valence electrons. The van der Waals surface area contributed by atoms with Crippen LogP contribution >= 0.6 is 0 Å². The number of likely N-dealkylation sites (tertiary alicyclic amines) is 2. The number of hydrogen-bond acceptors (Lipinski definition) is 4. The number of rotatable bonds is 2. The van der Waals surface area contributed by atoms with Gasteiger partial charge in [-0.1, -0.05) is 6.42 Å². The van der Waals surface area contributed by atoms with Crippen molar-refractivity contribution < 1.29 is 19.4 Å². The third-order valence-electron chi connectivity index (χ3n) is 4.26. The summed E-state index contributed by atoms with van der Waals surface area (Å²) in [4.78, 5) is 27.6. The quantitative estimate of drug-likeness (QED) is 0.843. The largest absolute Gasteiger partial charge is 0.480 e. The van der Waals surface area contributed by atoms with Gasteiger partial charge in [0.1, 0.15) is 11.1 Å². The Bertz CT molecular complexity index is 412. The molecule has 2 heterocycles. The van der Waals surface area contributed by atoms with E-state index in [0.29, 0.717) is 13.0 Å². The number of carboxylic acids is 1. The number of piperidine rings is 1. The molecule has 2 fully saturated rings. The van der Waals surface area contributed by atoms with Crippen molar-refractivity contribution in [2.24, 2.45) is 0 Å². The van der Waals surface area contributed by atoms with E-state index in [9.17, 15) is 14.7 Å². The van der Waals surface area contributed by atoms with E-state index < -0.39 is 23.2 Å². The number of nitrogens with zero attached hydrogens (tertiary/aromatic N) is 2. The molecule has 21 heavy (non-hydrogen) atoms. The van der Waals surface area contributed by atoms with Crippen LogP contribution in [0.5, 0.6) is 0 Å². The van der Waals surface area contributed by atoms with Crippen molar-refractivity contribution in [1.29, 1.82) is 0 Å². The zero-order chi connectivity index (χ0) is 15.7. The third-order valence-corrected chi connectivity index (χ3v) is 4.26. The maximum absolute atomic E-state index is 12.1. The van der Waals surface area contributed by atoms with E-state index in [1.54, 1.807) is 0 Å². The van der Waals surface area contributed by atoms with Crippen molar-refractivity contribution in [2.75, 3.05) is 26.2 Å². The summed E-state index contributed by atoms with van der Waals surface area (Å²) in [6, 6.07) is 0. The van der Waals surface area contributed by atoms with E-state index in [4.69, 9.17) is 4.74 Å². The van der Waals surface area contributed by atoms with Gasteiger partial charge in [-0.2, -0.15) is 0 Å². The average molecular weight is 298 g/mol. The van der Waals surface area contributed by atoms with E-state index >= 15 is 0 Å². The molecule has 2 aliphatic rings. The van der Waals surface area contributed by atoms with Crippen LogP contribution in [0.25, 0.3) is 0 Å². The van der Waals surface area contributed by atoms with Crippen molar-refractivity contribution in [2.45, 2.75) is 57.6 Å². The highest BCUT2D eigenvalue weighted by atomic mass is 16.6. The van der Waals surface area contributed by atoms with Crippen LogP contribution in [0.15, 0.2) is 0 Å². The number of amides is 1. The summed E-state index contributed by atoms with van der Waals surface area (Å²) < 4.78 is 5.36. The van der Waals surface area contributed by atoms with Crippen molar-refractivity contribution >= 4 is 12.1 Å². The molecule has 0 bridgehead atoms. The molecule has 2 saturated heterocycles. The summed E-state index contributed by atoms with van der Waals surface area (Å²) in [5.74, 6) is -0.824. The minimum absolute atomic E-state index is 0.219. The molecule has 1 atom stereocenters. The molecular formula is C15H26N2O4. The predicted octanol–water partition coefficient (Wildman–Crippen LogP) is 1.94. The van der Waals surface area contributed by atoms with Gasteiger partial charge in [0.05, 0.1) is 6.54 Å². The van der Waals surface area contributed by atoms with Crippen LogP contribution in [-0.2, 0) is 9.53 Å². The topological polar surface area (TPSA) is 70.1 Å². The third kappa shape index (κ3) is 3.48. The summed E-state index contributed by atoms with van der Waals surface area (Å²) in [6.45, 7) is 7.71. The van der Waals surface area contributed by atoms with E-state index in [0.717, 1.165) is 32.4 Å². The summed E-state index contributed by atoms with van der Waals surface area (Å²) in [7, 11) is 0. The second-order valence-electron chi connectivity index (χ2n) is 7.04. The fraction of sp³-hybridized carbons (Fsp3) is 0.867. The second kappa shape index (κ2) is 5.83. The van der Waals surface area contributed by atoms with E-state index in [1.165, 1.54) is 4.90 Å². The van der Waals surface area contributed by atoms with E-state index in [2.05, 4.69) is 0 Å². The normalized spacial score (nSPS) is 27.7. The molecule has 0 aliphatic carbocycles. The smallest absolute Gasteiger partial charge is 0.410 e. The highest BCUT2D eigenvalue weighted by molar-refractivity contribution is 5.81. The fourth-order valence-corrected chi connectivity index (χ4v) is 3.17. The van der Waals surface area contributed by atoms with Crippen LogP contribution in [0.4, 0.5) is 4.79 Å². The lowest BCUT2D eigenvalue weighted by molar-refractivity contribution is -0.151. The Kier molecular flexibility index (Phi) is 4.46. The van der Waals surface area contributed by atoms with Gasteiger partial charge < -0.3 is 14.7 Å². The first kappa shape index (κ1) is 16.1. The first-order valence-electron chi connectivity index (χ1n) is 7.71. The Morgan fingerprint density at radius 3 is 2.24 bits per heavy atom. The Hall–Kier alpha value is -1.30. The summed E-state index contributed by atoms with van der Waals surface area (Å²) >= 11 is 0. The number of carboxylic acid groups (broad SMARTS) is 1. The number of carbonyl (C=O) groups excluding carboxylic acids is 1. The van der Waals surface area contributed by atoms with Crippen LogP contribution < -0.4 is 0 Å². The molecule has 1 amide bonds. The van der Waals surface area contributed by atoms with Crippen LogP contribution in [0.1, 0.15) is 46.5 Å². The molecule has 0 saturated carbocycles. The van der Waals surface area contributed by atoms with Gasteiger partial charge in [0.2, 0.25) is 0 Å². The highest BCUT2D eigenvalue weighted by Gasteiger charge is 2.51. The van der Waals surface area contributed by atoms with Crippen molar-refractivity contribution in [3.8, 4) is 0 Å². The Morgan fingerprint density at radius 2 is 1.71 bits per heavy atom. The summed E-state index contributed by atoms with van der Waals surface area (Å²) in [5, 5.41) is 9.73. The van der Waals surface area contributed by atoms with Crippen LogP contribution in [0.2, 0.25) is 0 Å². The maximum atomic E-state index is 12.1. The number of hydrogen-bond donors (Lipinski definition) is 1. The molecule has 1 unspecified atom stereocenters. The van der Waals surface area contributed by atoms with Crippen molar-refractivity contribution in [3.05, 3.63) is 0 Å². The van der Waals surface area contributed by atoms with Gasteiger partial charge in [-0.3, -0.25) is 9.69 Å². The molecule has 0 aromatic rings. The lowest BCUT2D eigenvalue weighted by Gasteiger charge is -2.40. The number of aliphatic carboxylic acids is 1. The fourth-order valence-electron chi connectivity index (χ4n) is 3.17. The zero-order valence-electron chi connectivity index (χ0n) is 13.2. The molecular weight excluding hydrogens is 272 g/mol. The van der Waals surface area contributed by atoms with Gasteiger partial charge in [0, 0.05) is 6.54 Å². The zero-order valence-corrected chi connectivity index (χ0v) is 13.2. The lowest BCUT2D eigenvalue weighted by atomic mass is 9.93. The molecule has 0 radical (unpaired) electrons. The van der Waals surface area contributed by atoms with Crippen LogP contribution in [0, 0.1) is 0 Å². The Balaban J connectivity index is 2.08. The van der Waals surface area contributed by atoms with Crippen molar-refractivity contribution in [3.63, 3.8) is 0 Å². The van der Waals surface area contributed by atoms with Crippen LogP contribution in [0.3, 0.4) is 0 Å². The van der Waals surface area contributed by atoms with Gasteiger partial charge in [0.25, 0.3) is 0 Å². The van der Waals surface area contributed by atoms with Gasteiger partial charge in [0.15, 0.2) is 0 Å². The summed E-state index contributed by atoms with van der Waals surface area (Å²) in [6.07, 6.45) is 3.27. The predicted molar refractivity (Wildman–Crippen MR) is 78.2 cm³/mol. The molecule has 2 aliphatic heterocycles. The molecule has 1 N–H and O–H groups in total.